The van der Waals surface area contributed by atoms with Gasteiger partial charge < -0.3 is 15.0 Å². The van der Waals surface area contributed by atoms with Gasteiger partial charge in [-0.1, -0.05) is 30.3 Å². The van der Waals surface area contributed by atoms with E-state index in [1.807, 2.05) is 37.3 Å². The van der Waals surface area contributed by atoms with Crippen molar-refractivity contribution in [3.63, 3.8) is 0 Å². The molecule has 1 aliphatic heterocycles. The van der Waals surface area contributed by atoms with E-state index in [-0.39, 0.29) is 23.7 Å². The van der Waals surface area contributed by atoms with Gasteiger partial charge in [-0.25, -0.2) is 4.98 Å². The molecule has 0 radical (unpaired) electrons. The number of rotatable bonds is 6. The second kappa shape index (κ2) is 9.30. The van der Waals surface area contributed by atoms with Crippen LogP contribution in [0.3, 0.4) is 0 Å². The van der Waals surface area contributed by atoms with E-state index < -0.39 is 0 Å². The van der Waals surface area contributed by atoms with Crippen LogP contribution in [0.5, 0.6) is 0 Å². The molecule has 0 aliphatic carbocycles. The van der Waals surface area contributed by atoms with Crippen molar-refractivity contribution in [3.8, 4) is 0 Å². The zero-order valence-electron chi connectivity index (χ0n) is 18.1. The van der Waals surface area contributed by atoms with Crippen LogP contribution in [0.4, 0.5) is 0 Å². The molecule has 3 heterocycles. The number of morpholine rings is 1. The van der Waals surface area contributed by atoms with Crippen molar-refractivity contribution in [1.82, 2.24) is 20.2 Å². The summed E-state index contributed by atoms with van der Waals surface area (Å²) in [5.74, 6) is 0.450. The van der Waals surface area contributed by atoms with Gasteiger partial charge in [0.25, 0.3) is 11.5 Å². The van der Waals surface area contributed by atoms with Gasteiger partial charge in [-0.05, 0) is 31.9 Å². The molecule has 1 aromatic carbocycles. The first kappa shape index (κ1) is 21.7. The quantitative estimate of drug-likeness (QED) is 0.615. The topological polar surface area (TPSA) is 87.3 Å². The van der Waals surface area contributed by atoms with Crippen LogP contribution in [0.15, 0.2) is 35.1 Å². The summed E-state index contributed by atoms with van der Waals surface area (Å²) in [6.07, 6.45) is 0.945. The molecule has 0 bridgehead atoms. The van der Waals surface area contributed by atoms with E-state index in [0.717, 1.165) is 25.2 Å². The number of hydrogen-bond donors (Lipinski definition) is 2. The zero-order chi connectivity index (χ0) is 22.0. The van der Waals surface area contributed by atoms with Crippen molar-refractivity contribution in [2.45, 2.75) is 39.4 Å². The Morgan fingerprint density at radius 3 is 2.68 bits per heavy atom. The Bertz CT molecular complexity index is 1120. The summed E-state index contributed by atoms with van der Waals surface area (Å²) in [7, 11) is 0. The zero-order valence-corrected chi connectivity index (χ0v) is 18.9. The van der Waals surface area contributed by atoms with E-state index in [0.29, 0.717) is 39.4 Å². The van der Waals surface area contributed by atoms with Gasteiger partial charge >= 0.3 is 0 Å². The molecule has 0 spiro atoms. The van der Waals surface area contributed by atoms with Gasteiger partial charge in [0.05, 0.1) is 22.5 Å². The summed E-state index contributed by atoms with van der Waals surface area (Å²) >= 11 is 1.28. The monoisotopic (exact) mass is 440 g/mol. The van der Waals surface area contributed by atoms with E-state index in [4.69, 9.17) is 4.74 Å². The van der Waals surface area contributed by atoms with Crippen molar-refractivity contribution >= 4 is 27.5 Å². The molecule has 31 heavy (non-hydrogen) atoms. The Labute approximate surface area is 185 Å². The third-order valence-corrected chi connectivity index (χ3v) is 6.66. The average Bonchev–Trinajstić information content (AvgIpc) is 3.05. The lowest BCUT2D eigenvalue weighted by atomic mass is 10.1. The molecule has 3 aromatic rings. The van der Waals surface area contributed by atoms with Gasteiger partial charge in [-0.15, -0.1) is 11.3 Å². The number of H-pyrrole nitrogens is 1. The van der Waals surface area contributed by atoms with Crippen LogP contribution in [0.2, 0.25) is 0 Å². The molecule has 7 nitrogen and oxygen atoms in total. The number of aromatic nitrogens is 2. The van der Waals surface area contributed by atoms with Gasteiger partial charge in [-0.2, -0.15) is 0 Å². The number of thiophene rings is 1. The Hall–Kier alpha value is -2.55. The van der Waals surface area contributed by atoms with Crippen LogP contribution in [-0.2, 0) is 11.2 Å². The maximum absolute atomic E-state index is 12.8. The number of aromatic amines is 1. The SMILES string of the molecule is Cc1c(C(=O)NCCN2CC(C)OC(C)C2)sc2nc(Cc3ccccc3)[nH]c(=O)c12. The van der Waals surface area contributed by atoms with Crippen molar-refractivity contribution in [1.29, 1.82) is 0 Å². The van der Waals surface area contributed by atoms with Gasteiger partial charge in [-0.3, -0.25) is 14.5 Å². The first-order valence-electron chi connectivity index (χ1n) is 10.6. The summed E-state index contributed by atoms with van der Waals surface area (Å²) in [6.45, 7) is 9.00. The number of benzene rings is 1. The Morgan fingerprint density at radius 2 is 1.97 bits per heavy atom. The molecule has 0 saturated carbocycles. The second-order valence-corrected chi connectivity index (χ2v) is 9.18. The number of fused-ring (bicyclic) bond motifs is 1. The van der Waals surface area contributed by atoms with E-state index in [1.54, 1.807) is 0 Å². The number of hydrogen-bond acceptors (Lipinski definition) is 6. The normalized spacial score (nSPS) is 19.6. The predicted molar refractivity (Wildman–Crippen MR) is 123 cm³/mol. The van der Waals surface area contributed by atoms with Gasteiger partial charge in [0.2, 0.25) is 0 Å². The minimum absolute atomic E-state index is 0.154. The minimum Gasteiger partial charge on any atom is -0.373 e. The molecular formula is C23H28N4O3S. The Kier molecular flexibility index (Phi) is 6.50. The van der Waals surface area contributed by atoms with Crippen LogP contribution in [-0.4, -0.2) is 59.2 Å². The number of amides is 1. The fourth-order valence-electron chi connectivity index (χ4n) is 4.15. The molecule has 1 saturated heterocycles. The van der Waals surface area contributed by atoms with E-state index in [1.165, 1.54) is 11.3 Å². The molecule has 1 amide bonds. The highest BCUT2D eigenvalue weighted by molar-refractivity contribution is 7.20. The summed E-state index contributed by atoms with van der Waals surface area (Å²) < 4.78 is 5.75. The van der Waals surface area contributed by atoms with Crippen molar-refractivity contribution in [2.75, 3.05) is 26.2 Å². The fourth-order valence-corrected chi connectivity index (χ4v) is 5.27. The minimum atomic E-state index is -0.194. The lowest BCUT2D eigenvalue weighted by Crippen LogP contribution is -2.47. The van der Waals surface area contributed by atoms with Crippen LogP contribution in [0, 0.1) is 6.92 Å². The summed E-state index contributed by atoms with van der Waals surface area (Å²) in [5, 5.41) is 3.50. The number of nitrogens with zero attached hydrogens (tertiary/aromatic N) is 2. The molecule has 2 unspecified atom stereocenters. The standard InChI is InChI=1S/C23H28N4O3S/c1-14-12-27(13-15(2)30-14)10-9-24-22(29)20-16(3)19-21(28)25-18(26-23(19)31-20)11-17-7-5-4-6-8-17/h4-8,14-15H,9-13H2,1-3H3,(H,24,29)(H,25,26,28). The largest absolute Gasteiger partial charge is 0.373 e. The maximum Gasteiger partial charge on any atom is 0.261 e. The highest BCUT2D eigenvalue weighted by Crippen LogP contribution is 2.27. The van der Waals surface area contributed by atoms with Crippen molar-refractivity contribution in [2.24, 2.45) is 0 Å². The Balaban J connectivity index is 1.46. The number of carbonyl (C=O) groups is 1. The first-order chi connectivity index (χ1) is 14.9. The fraction of sp³-hybridized carbons (Fsp3) is 0.435. The van der Waals surface area contributed by atoms with E-state index >= 15 is 0 Å². The summed E-state index contributed by atoms with van der Waals surface area (Å²) in [4.78, 5) is 36.5. The van der Waals surface area contributed by atoms with Crippen LogP contribution < -0.4 is 10.9 Å². The van der Waals surface area contributed by atoms with Gasteiger partial charge in [0.1, 0.15) is 10.7 Å². The van der Waals surface area contributed by atoms with E-state index in [9.17, 15) is 9.59 Å². The lowest BCUT2D eigenvalue weighted by molar-refractivity contribution is -0.0672. The van der Waals surface area contributed by atoms with Crippen molar-refractivity contribution < 1.29 is 9.53 Å². The van der Waals surface area contributed by atoms with Crippen LogP contribution in [0.1, 0.15) is 40.5 Å². The summed E-state index contributed by atoms with van der Waals surface area (Å²) in [5.41, 5.74) is 1.56. The summed E-state index contributed by atoms with van der Waals surface area (Å²) in [6, 6.07) is 9.87. The maximum atomic E-state index is 12.8. The van der Waals surface area contributed by atoms with Gasteiger partial charge in [0.15, 0.2) is 0 Å². The van der Waals surface area contributed by atoms with Crippen molar-refractivity contribution in [3.05, 3.63) is 62.5 Å². The molecule has 1 aliphatic rings. The third-order valence-electron chi connectivity index (χ3n) is 5.48. The number of aryl methyl sites for hydroxylation is 1. The van der Waals surface area contributed by atoms with Crippen LogP contribution in [0.25, 0.3) is 10.2 Å². The first-order valence-corrected chi connectivity index (χ1v) is 11.4. The predicted octanol–water partition coefficient (Wildman–Crippen LogP) is 2.72. The number of ether oxygens (including phenoxy) is 1. The highest BCUT2D eigenvalue weighted by Gasteiger charge is 2.23. The van der Waals surface area contributed by atoms with Gasteiger partial charge in [0, 0.05) is 32.6 Å². The molecule has 164 valence electrons. The van der Waals surface area contributed by atoms with Crippen LogP contribution >= 0.6 is 11.3 Å². The lowest BCUT2D eigenvalue weighted by Gasteiger charge is -2.35. The number of carbonyl (C=O) groups excluding carboxylic acids is 1. The smallest absolute Gasteiger partial charge is 0.261 e. The Morgan fingerprint density at radius 1 is 1.26 bits per heavy atom. The third kappa shape index (κ3) is 5.03. The molecule has 2 N–H and O–H groups in total. The van der Waals surface area contributed by atoms with E-state index in [2.05, 4.69) is 34.0 Å². The molecular weight excluding hydrogens is 412 g/mol. The highest BCUT2D eigenvalue weighted by atomic mass is 32.1. The number of nitrogens with one attached hydrogen (secondary N) is 2. The molecule has 4 rings (SSSR count). The second-order valence-electron chi connectivity index (χ2n) is 8.18. The average molecular weight is 441 g/mol. The molecule has 8 heteroatoms. The molecule has 1 fully saturated rings. The molecule has 2 atom stereocenters. The molecule has 2 aromatic heterocycles.